The van der Waals surface area contributed by atoms with Crippen LogP contribution < -0.4 is 15.2 Å². The first kappa shape index (κ1) is 15.1. The lowest BCUT2D eigenvalue weighted by Gasteiger charge is -2.34. The Morgan fingerprint density at radius 1 is 1.15 bits per heavy atom. The Balaban J connectivity index is 1.74. The number of likely N-dealkylation sites (tertiary alicyclic amines) is 1. The smallest absolute Gasteiger partial charge is 0.119 e. The molecule has 4 heteroatoms. The fourth-order valence-corrected chi connectivity index (χ4v) is 2.70. The predicted molar refractivity (Wildman–Crippen MR) is 81.4 cm³/mol. The van der Waals surface area contributed by atoms with Crippen molar-refractivity contribution in [3.63, 3.8) is 0 Å². The third kappa shape index (κ3) is 4.39. The molecule has 1 aromatic rings. The van der Waals surface area contributed by atoms with Gasteiger partial charge in [0.15, 0.2) is 0 Å². The van der Waals surface area contributed by atoms with Crippen molar-refractivity contribution >= 4 is 0 Å². The van der Waals surface area contributed by atoms with Crippen molar-refractivity contribution in [3.8, 4) is 11.5 Å². The summed E-state index contributed by atoms with van der Waals surface area (Å²) in [5.74, 6) is 1.79. The van der Waals surface area contributed by atoms with Crippen LogP contribution in [0, 0.1) is 0 Å². The minimum absolute atomic E-state index is 0.535. The molecule has 0 spiro atoms. The highest BCUT2D eigenvalue weighted by atomic mass is 16.5. The van der Waals surface area contributed by atoms with Gasteiger partial charge < -0.3 is 15.2 Å². The standard InChI is InChI=1S/C16H26N2O2/c1-2-19-15-6-8-16(9-7-15)20-12-11-18-10-4-3-5-14(18)13-17/h6-9,14H,2-5,10-13,17H2,1H3. The molecule has 1 aromatic carbocycles. The first-order valence-corrected chi connectivity index (χ1v) is 7.63. The number of hydrogen-bond acceptors (Lipinski definition) is 4. The Bertz CT molecular complexity index is 381. The summed E-state index contributed by atoms with van der Waals surface area (Å²) in [5.41, 5.74) is 5.83. The van der Waals surface area contributed by atoms with Gasteiger partial charge in [0, 0.05) is 19.1 Å². The van der Waals surface area contributed by atoms with Crippen LogP contribution in [0.3, 0.4) is 0 Å². The van der Waals surface area contributed by atoms with Gasteiger partial charge in [-0.25, -0.2) is 0 Å². The molecule has 1 aliphatic heterocycles. The van der Waals surface area contributed by atoms with E-state index in [0.717, 1.165) is 31.1 Å². The van der Waals surface area contributed by atoms with Crippen LogP contribution in [0.15, 0.2) is 24.3 Å². The maximum atomic E-state index is 5.83. The zero-order valence-electron chi connectivity index (χ0n) is 12.4. The molecule has 1 unspecified atom stereocenters. The summed E-state index contributed by atoms with van der Waals surface area (Å²) in [6.45, 7) is 6.24. The van der Waals surface area contributed by atoms with Crippen molar-refractivity contribution < 1.29 is 9.47 Å². The lowest BCUT2D eigenvalue weighted by Crippen LogP contribution is -2.45. The van der Waals surface area contributed by atoms with Gasteiger partial charge in [-0.3, -0.25) is 4.90 Å². The van der Waals surface area contributed by atoms with E-state index >= 15 is 0 Å². The monoisotopic (exact) mass is 278 g/mol. The van der Waals surface area contributed by atoms with Crippen LogP contribution in [-0.4, -0.2) is 43.8 Å². The van der Waals surface area contributed by atoms with Gasteiger partial charge in [-0.1, -0.05) is 6.42 Å². The molecule has 2 N–H and O–H groups in total. The van der Waals surface area contributed by atoms with Gasteiger partial charge in [-0.2, -0.15) is 0 Å². The van der Waals surface area contributed by atoms with Crippen molar-refractivity contribution in [2.75, 3.05) is 32.8 Å². The second-order valence-corrected chi connectivity index (χ2v) is 5.17. The van der Waals surface area contributed by atoms with Crippen LogP contribution in [-0.2, 0) is 0 Å². The average molecular weight is 278 g/mol. The van der Waals surface area contributed by atoms with Crippen LogP contribution in [0.2, 0.25) is 0 Å². The zero-order valence-corrected chi connectivity index (χ0v) is 12.4. The van der Waals surface area contributed by atoms with E-state index in [0.29, 0.717) is 19.3 Å². The molecule has 1 aliphatic rings. The Kier molecular flexibility index (Phi) is 6.15. The van der Waals surface area contributed by atoms with Crippen LogP contribution >= 0.6 is 0 Å². The van der Waals surface area contributed by atoms with Gasteiger partial charge in [-0.05, 0) is 50.6 Å². The summed E-state index contributed by atoms with van der Waals surface area (Å²) in [4.78, 5) is 2.46. The molecule has 1 fully saturated rings. The number of hydrogen-bond donors (Lipinski definition) is 1. The fourth-order valence-electron chi connectivity index (χ4n) is 2.70. The summed E-state index contributed by atoms with van der Waals surface area (Å²) >= 11 is 0. The molecular formula is C16H26N2O2. The highest BCUT2D eigenvalue weighted by Crippen LogP contribution is 2.18. The Morgan fingerprint density at radius 3 is 2.50 bits per heavy atom. The largest absolute Gasteiger partial charge is 0.494 e. The summed E-state index contributed by atoms with van der Waals surface area (Å²) in [5, 5.41) is 0. The minimum Gasteiger partial charge on any atom is -0.494 e. The maximum Gasteiger partial charge on any atom is 0.119 e. The van der Waals surface area contributed by atoms with Gasteiger partial charge in [0.1, 0.15) is 18.1 Å². The summed E-state index contributed by atoms with van der Waals surface area (Å²) in [6.07, 6.45) is 3.80. The van der Waals surface area contributed by atoms with E-state index in [4.69, 9.17) is 15.2 Å². The molecule has 1 saturated heterocycles. The van der Waals surface area contributed by atoms with Crippen molar-refractivity contribution in [1.29, 1.82) is 0 Å². The van der Waals surface area contributed by atoms with Crippen molar-refractivity contribution in [2.24, 2.45) is 5.73 Å². The van der Waals surface area contributed by atoms with Crippen molar-refractivity contribution in [1.82, 2.24) is 4.90 Å². The van der Waals surface area contributed by atoms with Crippen LogP contribution in [0.25, 0.3) is 0 Å². The Hall–Kier alpha value is -1.26. The Labute approximate surface area is 121 Å². The Morgan fingerprint density at radius 2 is 1.85 bits per heavy atom. The van der Waals surface area contributed by atoms with Gasteiger partial charge in [0.25, 0.3) is 0 Å². The molecule has 1 atom stereocenters. The first-order valence-electron chi connectivity index (χ1n) is 7.63. The number of ether oxygens (including phenoxy) is 2. The molecule has 4 nitrogen and oxygen atoms in total. The highest BCUT2D eigenvalue weighted by Gasteiger charge is 2.20. The van der Waals surface area contributed by atoms with E-state index in [-0.39, 0.29) is 0 Å². The molecule has 0 bridgehead atoms. The summed E-state index contributed by atoms with van der Waals surface area (Å²) < 4.78 is 11.2. The fraction of sp³-hybridized carbons (Fsp3) is 0.625. The van der Waals surface area contributed by atoms with Gasteiger partial charge in [0.2, 0.25) is 0 Å². The van der Waals surface area contributed by atoms with Crippen LogP contribution in [0.1, 0.15) is 26.2 Å². The van der Waals surface area contributed by atoms with Gasteiger partial charge in [0.05, 0.1) is 6.61 Å². The number of benzene rings is 1. The maximum absolute atomic E-state index is 5.83. The van der Waals surface area contributed by atoms with E-state index in [1.807, 2.05) is 31.2 Å². The molecule has 2 rings (SSSR count). The normalized spacial score (nSPS) is 19.8. The average Bonchev–Trinajstić information content (AvgIpc) is 2.50. The molecular weight excluding hydrogens is 252 g/mol. The molecule has 0 amide bonds. The molecule has 0 aromatic heterocycles. The lowest BCUT2D eigenvalue weighted by molar-refractivity contribution is 0.127. The second kappa shape index (κ2) is 8.12. The SMILES string of the molecule is CCOc1ccc(OCCN2CCCCC2CN)cc1. The molecule has 0 radical (unpaired) electrons. The molecule has 112 valence electrons. The van der Waals surface area contributed by atoms with Gasteiger partial charge >= 0.3 is 0 Å². The van der Waals surface area contributed by atoms with E-state index in [1.165, 1.54) is 19.3 Å². The van der Waals surface area contributed by atoms with Crippen molar-refractivity contribution in [3.05, 3.63) is 24.3 Å². The van der Waals surface area contributed by atoms with Crippen LogP contribution in [0.5, 0.6) is 11.5 Å². The summed E-state index contributed by atoms with van der Waals surface area (Å²) in [6, 6.07) is 8.35. The zero-order chi connectivity index (χ0) is 14.2. The first-order chi connectivity index (χ1) is 9.83. The minimum atomic E-state index is 0.535. The predicted octanol–water partition coefficient (Wildman–Crippen LogP) is 2.28. The van der Waals surface area contributed by atoms with E-state index < -0.39 is 0 Å². The molecule has 0 saturated carbocycles. The lowest BCUT2D eigenvalue weighted by atomic mass is 10.0. The number of nitrogens with zero attached hydrogens (tertiary/aromatic N) is 1. The second-order valence-electron chi connectivity index (χ2n) is 5.17. The third-order valence-corrected chi connectivity index (χ3v) is 3.80. The number of rotatable bonds is 7. The molecule has 1 heterocycles. The quantitative estimate of drug-likeness (QED) is 0.831. The van der Waals surface area contributed by atoms with E-state index in [9.17, 15) is 0 Å². The number of piperidine rings is 1. The number of nitrogens with two attached hydrogens (primary N) is 1. The van der Waals surface area contributed by atoms with E-state index in [2.05, 4.69) is 4.90 Å². The van der Waals surface area contributed by atoms with Crippen molar-refractivity contribution in [2.45, 2.75) is 32.2 Å². The van der Waals surface area contributed by atoms with E-state index in [1.54, 1.807) is 0 Å². The summed E-state index contributed by atoms with van der Waals surface area (Å²) in [7, 11) is 0. The molecule has 0 aliphatic carbocycles. The van der Waals surface area contributed by atoms with Crippen LogP contribution in [0.4, 0.5) is 0 Å². The topological polar surface area (TPSA) is 47.7 Å². The molecule has 20 heavy (non-hydrogen) atoms. The highest BCUT2D eigenvalue weighted by molar-refractivity contribution is 5.31. The van der Waals surface area contributed by atoms with Gasteiger partial charge in [-0.15, -0.1) is 0 Å². The third-order valence-electron chi connectivity index (χ3n) is 3.80.